The highest BCUT2D eigenvalue weighted by Gasteiger charge is 2.26. The summed E-state index contributed by atoms with van der Waals surface area (Å²) in [6, 6.07) is 0. The molecule has 9 heteroatoms. The first-order valence-electron chi connectivity index (χ1n) is 20.8. The number of nitrogens with zero attached hydrogens (tertiary/aromatic N) is 1. The van der Waals surface area contributed by atoms with E-state index in [2.05, 4.69) is 13.8 Å². The third-order valence-corrected chi connectivity index (χ3v) is 10.2. The summed E-state index contributed by atoms with van der Waals surface area (Å²) in [6.45, 7) is 5.66. The van der Waals surface area contributed by atoms with E-state index in [0.29, 0.717) is 24.1 Å². The summed E-state index contributed by atoms with van der Waals surface area (Å²) >= 11 is 0. The molecule has 0 aliphatic rings. The van der Waals surface area contributed by atoms with Crippen molar-refractivity contribution in [3.05, 3.63) is 0 Å². The van der Waals surface area contributed by atoms with Crippen molar-refractivity contribution in [3.63, 3.8) is 0 Å². The monoisotopic (exact) mass is 721 g/mol. The van der Waals surface area contributed by atoms with E-state index in [9.17, 15) is 14.3 Å². The molecule has 0 fully saturated rings. The van der Waals surface area contributed by atoms with Crippen molar-refractivity contribution in [3.8, 4) is 0 Å². The van der Waals surface area contributed by atoms with E-state index in [-0.39, 0.29) is 25.8 Å². The molecule has 0 spiro atoms. The Morgan fingerprint density at radius 2 is 0.939 bits per heavy atom. The summed E-state index contributed by atoms with van der Waals surface area (Å²) in [5.41, 5.74) is 0. The highest BCUT2D eigenvalue weighted by molar-refractivity contribution is 7.47. The molecule has 2 unspecified atom stereocenters. The van der Waals surface area contributed by atoms with Gasteiger partial charge in [0.15, 0.2) is 0 Å². The van der Waals surface area contributed by atoms with Crippen LogP contribution in [0.2, 0.25) is 0 Å². The number of unbranched alkanes of at least 4 members (excludes halogenated alkanes) is 25. The second kappa shape index (κ2) is 34.6. The molecule has 0 saturated carbocycles. The summed E-state index contributed by atoms with van der Waals surface area (Å²) in [6.07, 6.45) is 34.1. The Labute approximate surface area is 304 Å². The third kappa shape index (κ3) is 38.6. The maximum atomic E-state index is 12.6. The van der Waals surface area contributed by atoms with Crippen LogP contribution < -0.4 is 0 Å². The van der Waals surface area contributed by atoms with Crippen molar-refractivity contribution in [2.75, 3.05) is 54.1 Å². The largest absolute Gasteiger partial charge is 0.472 e. The van der Waals surface area contributed by atoms with Crippen LogP contribution in [-0.4, -0.2) is 75.6 Å². The van der Waals surface area contributed by atoms with E-state index in [4.69, 9.17) is 18.5 Å². The van der Waals surface area contributed by atoms with Gasteiger partial charge in [-0.05, 0) is 12.8 Å². The number of hydrogen-bond donors (Lipinski definition) is 1. The van der Waals surface area contributed by atoms with E-state index >= 15 is 0 Å². The van der Waals surface area contributed by atoms with Crippen molar-refractivity contribution in [2.45, 2.75) is 200 Å². The molecule has 0 amide bonds. The predicted octanol–water partition coefficient (Wildman–Crippen LogP) is 11.7. The Morgan fingerprint density at radius 1 is 0.551 bits per heavy atom. The summed E-state index contributed by atoms with van der Waals surface area (Å²) in [5.74, 6) is -0.310. The summed E-state index contributed by atoms with van der Waals surface area (Å²) in [7, 11) is 1.68. The first-order valence-corrected chi connectivity index (χ1v) is 22.3. The molecule has 0 aliphatic heterocycles. The molecule has 0 aliphatic carbocycles. The molecule has 0 heterocycles. The lowest BCUT2D eigenvalue weighted by Crippen LogP contribution is -2.37. The minimum atomic E-state index is -4.26. The molecular formula is C40H83NO7P+. The van der Waals surface area contributed by atoms with Gasteiger partial charge in [0.2, 0.25) is 0 Å². The van der Waals surface area contributed by atoms with Gasteiger partial charge in [-0.3, -0.25) is 13.8 Å². The Morgan fingerprint density at radius 3 is 1.35 bits per heavy atom. The first-order chi connectivity index (χ1) is 23.6. The average Bonchev–Trinajstić information content (AvgIpc) is 3.04. The second-order valence-electron chi connectivity index (χ2n) is 15.4. The number of ether oxygens (including phenoxy) is 2. The molecule has 0 aromatic rings. The fourth-order valence-corrected chi connectivity index (χ4v) is 6.65. The van der Waals surface area contributed by atoms with E-state index < -0.39 is 13.9 Å². The normalized spacial score (nSPS) is 13.8. The van der Waals surface area contributed by atoms with Gasteiger partial charge in [-0.15, -0.1) is 0 Å². The van der Waals surface area contributed by atoms with Crippen molar-refractivity contribution >= 4 is 13.8 Å². The van der Waals surface area contributed by atoms with Gasteiger partial charge in [-0.25, -0.2) is 4.57 Å². The molecule has 49 heavy (non-hydrogen) atoms. The summed E-state index contributed by atoms with van der Waals surface area (Å²) in [5, 5.41) is 0. The van der Waals surface area contributed by atoms with E-state index in [1.807, 2.05) is 21.1 Å². The number of phosphoric ester groups is 1. The SMILES string of the molecule is CCCCCCCCCCCCCCCCCOCC(COP(=O)(O)OCC[N+](C)(C)C)OC(=O)CCCCCCCCCCCCCC. The van der Waals surface area contributed by atoms with Gasteiger partial charge in [0, 0.05) is 13.0 Å². The van der Waals surface area contributed by atoms with Crippen molar-refractivity contribution < 1.29 is 37.3 Å². The molecule has 0 rings (SSSR count). The van der Waals surface area contributed by atoms with E-state index in [0.717, 1.165) is 32.1 Å². The third-order valence-electron chi connectivity index (χ3n) is 9.17. The summed E-state index contributed by atoms with van der Waals surface area (Å²) < 4.78 is 34.9. The lowest BCUT2D eigenvalue weighted by atomic mass is 10.0. The van der Waals surface area contributed by atoms with Gasteiger partial charge in [-0.2, -0.15) is 0 Å². The fourth-order valence-electron chi connectivity index (χ4n) is 5.91. The van der Waals surface area contributed by atoms with E-state index in [1.54, 1.807) is 0 Å². The molecule has 0 saturated heterocycles. The number of likely N-dealkylation sites (N-methyl/N-ethyl adjacent to an activating group) is 1. The van der Waals surface area contributed by atoms with Crippen molar-refractivity contribution in [1.29, 1.82) is 0 Å². The summed E-state index contributed by atoms with van der Waals surface area (Å²) in [4.78, 5) is 22.8. The maximum absolute atomic E-state index is 12.6. The Bertz CT molecular complexity index is 761. The van der Waals surface area contributed by atoms with E-state index in [1.165, 1.54) is 141 Å². The Hall–Kier alpha value is -0.500. The molecule has 0 aromatic heterocycles. The number of rotatable bonds is 39. The predicted molar refractivity (Wildman–Crippen MR) is 206 cm³/mol. The van der Waals surface area contributed by atoms with Crippen LogP contribution in [0.1, 0.15) is 194 Å². The molecule has 0 aromatic carbocycles. The van der Waals surface area contributed by atoms with Crippen LogP contribution in [0.15, 0.2) is 0 Å². The topological polar surface area (TPSA) is 91.3 Å². The number of hydrogen-bond acceptors (Lipinski definition) is 6. The van der Waals surface area contributed by atoms with Crippen LogP contribution in [0.3, 0.4) is 0 Å². The number of carbonyl (C=O) groups is 1. The van der Waals surface area contributed by atoms with Crippen LogP contribution in [0.5, 0.6) is 0 Å². The van der Waals surface area contributed by atoms with Crippen LogP contribution in [-0.2, 0) is 27.9 Å². The smallest absolute Gasteiger partial charge is 0.457 e. The maximum Gasteiger partial charge on any atom is 0.472 e. The quantitative estimate of drug-likeness (QED) is 0.0292. The lowest BCUT2D eigenvalue weighted by Gasteiger charge is -2.24. The van der Waals surface area contributed by atoms with Gasteiger partial charge >= 0.3 is 13.8 Å². The Kier molecular flexibility index (Phi) is 34.2. The average molecular weight is 721 g/mol. The first kappa shape index (κ1) is 48.5. The number of carbonyl (C=O) groups excluding carboxylic acids is 1. The number of quaternary nitrogens is 1. The fraction of sp³-hybridized carbons (Fsp3) is 0.975. The molecule has 8 nitrogen and oxygen atoms in total. The Balaban J connectivity index is 4.21. The zero-order valence-electron chi connectivity index (χ0n) is 33.2. The number of phosphoric acid groups is 1. The molecule has 294 valence electrons. The molecular weight excluding hydrogens is 637 g/mol. The lowest BCUT2D eigenvalue weighted by molar-refractivity contribution is -0.870. The van der Waals surface area contributed by atoms with Gasteiger partial charge in [0.25, 0.3) is 0 Å². The van der Waals surface area contributed by atoms with Crippen LogP contribution in [0.25, 0.3) is 0 Å². The van der Waals surface area contributed by atoms with Crippen LogP contribution >= 0.6 is 7.82 Å². The van der Waals surface area contributed by atoms with Crippen LogP contribution in [0, 0.1) is 0 Å². The molecule has 0 radical (unpaired) electrons. The molecule has 2 atom stereocenters. The minimum Gasteiger partial charge on any atom is -0.457 e. The standard InChI is InChI=1S/C40H82NO7P/c1-6-8-10-12-14-16-18-20-21-22-24-26-28-30-32-35-45-37-39(38-47-49(43,44)46-36-34-41(3,4)5)48-40(42)33-31-29-27-25-23-19-17-15-13-11-9-7-2/h39H,6-38H2,1-5H3/p+1. The van der Waals surface area contributed by atoms with Gasteiger partial charge in [0.1, 0.15) is 19.3 Å². The zero-order valence-corrected chi connectivity index (χ0v) is 34.1. The highest BCUT2D eigenvalue weighted by atomic mass is 31.2. The zero-order chi connectivity index (χ0) is 36.3. The van der Waals surface area contributed by atoms with Gasteiger partial charge < -0.3 is 18.9 Å². The van der Waals surface area contributed by atoms with Crippen molar-refractivity contribution in [1.82, 2.24) is 0 Å². The second-order valence-corrected chi connectivity index (χ2v) is 16.8. The highest BCUT2D eigenvalue weighted by Crippen LogP contribution is 2.43. The van der Waals surface area contributed by atoms with Gasteiger partial charge in [0.05, 0.1) is 34.4 Å². The molecule has 0 bridgehead atoms. The minimum absolute atomic E-state index is 0.0936. The van der Waals surface area contributed by atoms with Crippen molar-refractivity contribution in [2.24, 2.45) is 0 Å². The number of esters is 1. The van der Waals surface area contributed by atoms with Gasteiger partial charge in [-0.1, -0.05) is 174 Å². The van der Waals surface area contributed by atoms with Crippen LogP contribution in [0.4, 0.5) is 0 Å². The molecule has 1 N–H and O–H groups in total.